The Morgan fingerprint density at radius 2 is 2.14 bits per heavy atom. The van der Waals surface area contributed by atoms with Gasteiger partial charge in [-0.2, -0.15) is 0 Å². The highest BCUT2D eigenvalue weighted by Crippen LogP contribution is 2.39. The summed E-state index contributed by atoms with van der Waals surface area (Å²) in [5, 5.41) is 13.3. The molecule has 3 aromatic rings. The highest BCUT2D eigenvalue weighted by Gasteiger charge is 2.28. The summed E-state index contributed by atoms with van der Waals surface area (Å²) in [7, 11) is 1.34. The number of aromatic nitrogens is 3. The Kier molecular flexibility index (Phi) is 8.38. The van der Waals surface area contributed by atoms with Gasteiger partial charge in [0.15, 0.2) is 11.0 Å². The lowest BCUT2D eigenvalue weighted by Crippen LogP contribution is -2.17. The fourth-order valence-corrected chi connectivity index (χ4v) is 6.21. The molecule has 2 aromatic heterocycles. The third-order valence-corrected chi connectivity index (χ3v) is 7.96. The lowest BCUT2D eigenvalue weighted by molar-refractivity contribution is -0.113. The van der Waals surface area contributed by atoms with E-state index in [1.54, 1.807) is 24.3 Å². The topological polar surface area (TPSA) is 95.3 Å². The molecule has 0 bridgehead atoms. The number of nitrogens with one attached hydrogen (secondary N) is 1. The molecule has 0 saturated carbocycles. The van der Waals surface area contributed by atoms with Crippen molar-refractivity contribution in [1.82, 2.24) is 14.8 Å². The Morgan fingerprint density at radius 1 is 1.31 bits per heavy atom. The number of hydrogen-bond acceptors (Lipinski definition) is 8. The van der Waals surface area contributed by atoms with Gasteiger partial charge in [-0.15, -0.1) is 28.1 Å². The second kappa shape index (κ2) is 11.5. The van der Waals surface area contributed by atoms with Gasteiger partial charge < -0.3 is 14.8 Å². The molecular formula is C23H22Cl2N4O4S2. The molecule has 1 amide bonds. The molecule has 0 unspecified atom stereocenters. The fraction of sp³-hybridized carbons (Fsp3) is 0.304. The minimum atomic E-state index is -0.427. The zero-order valence-electron chi connectivity index (χ0n) is 18.8. The smallest absolute Gasteiger partial charge is 0.341 e. The average Bonchev–Trinajstić information content (AvgIpc) is 3.52. The molecule has 0 atom stereocenters. The molecular weight excluding hydrogens is 531 g/mol. The SMILES string of the molecule is C=CCn1c(COc2ccc(Cl)cc2Cl)nnc1SCC(=O)Nc1sc2c(c1C(=O)OC)CCC2. The number of thiophene rings is 1. The first-order valence-corrected chi connectivity index (χ1v) is 13.2. The molecule has 1 aliphatic rings. The summed E-state index contributed by atoms with van der Waals surface area (Å²) >= 11 is 14.8. The number of aryl methyl sites for hydroxylation is 1. The summed E-state index contributed by atoms with van der Waals surface area (Å²) in [5.41, 5.74) is 1.46. The summed E-state index contributed by atoms with van der Waals surface area (Å²) in [6, 6.07) is 4.97. The standard InChI is InChI=1S/C23H22Cl2N4O4S2/c1-3-9-29-18(11-33-16-8-7-13(24)10-15(16)25)27-28-23(29)34-12-19(30)26-21-20(22(31)32-2)14-5-4-6-17(14)35-21/h3,7-8,10H,1,4-6,9,11-12H2,2H3,(H,26,30). The molecule has 2 heterocycles. The Bertz CT molecular complexity index is 1270. The van der Waals surface area contributed by atoms with Gasteiger partial charge in [0.1, 0.15) is 17.4 Å². The number of esters is 1. The van der Waals surface area contributed by atoms with Gasteiger partial charge in [-0.1, -0.05) is 41.0 Å². The highest BCUT2D eigenvalue weighted by molar-refractivity contribution is 7.99. The predicted octanol–water partition coefficient (Wildman–Crippen LogP) is 5.42. The molecule has 1 aliphatic carbocycles. The number of nitrogens with zero attached hydrogens (tertiary/aromatic N) is 3. The van der Waals surface area contributed by atoms with Gasteiger partial charge in [-0.05, 0) is 43.0 Å². The first kappa shape index (κ1) is 25.6. The minimum absolute atomic E-state index is 0.0856. The summed E-state index contributed by atoms with van der Waals surface area (Å²) < 4.78 is 12.5. The average molecular weight is 553 g/mol. The van der Waals surface area contributed by atoms with E-state index in [4.69, 9.17) is 32.7 Å². The van der Waals surface area contributed by atoms with Gasteiger partial charge >= 0.3 is 5.97 Å². The number of thioether (sulfide) groups is 1. The van der Waals surface area contributed by atoms with Crippen LogP contribution in [0.4, 0.5) is 5.00 Å². The van der Waals surface area contributed by atoms with E-state index in [0.29, 0.717) is 43.9 Å². The van der Waals surface area contributed by atoms with Crippen LogP contribution in [-0.4, -0.2) is 39.5 Å². The quantitative estimate of drug-likeness (QED) is 0.204. The van der Waals surface area contributed by atoms with E-state index in [1.807, 2.05) is 4.57 Å². The van der Waals surface area contributed by atoms with Crippen LogP contribution in [0.25, 0.3) is 0 Å². The number of carbonyl (C=O) groups is 2. The van der Waals surface area contributed by atoms with Crippen LogP contribution in [0.15, 0.2) is 36.0 Å². The van der Waals surface area contributed by atoms with E-state index < -0.39 is 5.97 Å². The molecule has 0 radical (unpaired) electrons. The van der Waals surface area contributed by atoms with Gasteiger partial charge in [0.05, 0.1) is 23.4 Å². The van der Waals surface area contributed by atoms with Crippen molar-refractivity contribution in [3.8, 4) is 5.75 Å². The van der Waals surface area contributed by atoms with Gasteiger partial charge in [-0.3, -0.25) is 9.36 Å². The number of carbonyl (C=O) groups excluding carboxylic acids is 2. The summed E-state index contributed by atoms with van der Waals surface area (Å²) in [6.45, 7) is 4.35. The van der Waals surface area contributed by atoms with Crippen LogP contribution in [0.1, 0.15) is 33.0 Å². The maximum absolute atomic E-state index is 12.7. The minimum Gasteiger partial charge on any atom is -0.484 e. The van der Waals surface area contributed by atoms with Crippen molar-refractivity contribution in [1.29, 1.82) is 0 Å². The Hall–Kier alpha value is -2.53. The zero-order chi connectivity index (χ0) is 24.9. The van der Waals surface area contributed by atoms with E-state index >= 15 is 0 Å². The van der Waals surface area contributed by atoms with E-state index in [1.165, 1.54) is 30.2 Å². The predicted molar refractivity (Wildman–Crippen MR) is 138 cm³/mol. The zero-order valence-corrected chi connectivity index (χ0v) is 22.0. The number of ether oxygens (including phenoxy) is 2. The third kappa shape index (κ3) is 5.83. The number of allylic oxidation sites excluding steroid dienone is 1. The van der Waals surface area contributed by atoms with E-state index in [-0.39, 0.29) is 18.3 Å². The number of halogens is 2. The maximum Gasteiger partial charge on any atom is 0.341 e. The van der Waals surface area contributed by atoms with Crippen molar-refractivity contribution in [2.45, 2.75) is 37.6 Å². The van der Waals surface area contributed by atoms with Gasteiger partial charge in [0, 0.05) is 16.4 Å². The second-order valence-corrected chi connectivity index (χ2v) is 10.4. The molecule has 12 heteroatoms. The highest BCUT2D eigenvalue weighted by atomic mass is 35.5. The number of hydrogen-bond donors (Lipinski definition) is 1. The third-order valence-electron chi connectivity index (χ3n) is 5.25. The lowest BCUT2D eigenvalue weighted by Gasteiger charge is -2.10. The normalized spacial score (nSPS) is 12.3. The molecule has 0 saturated heterocycles. The van der Waals surface area contributed by atoms with Crippen LogP contribution in [0, 0.1) is 0 Å². The molecule has 8 nitrogen and oxygen atoms in total. The maximum atomic E-state index is 12.7. The summed E-state index contributed by atoms with van der Waals surface area (Å²) in [4.78, 5) is 26.2. The van der Waals surface area contributed by atoms with Crippen molar-refractivity contribution >= 4 is 63.2 Å². The number of rotatable bonds is 10. The fourth-order valence-electron chi connectivity index (χ4n) is 3.68. The molecule has 0 fully saturated rings. The number of amides is 1. The Morgan fingerprint density at radius 3 is 2.89 bits per heavy atom. The Labute approximate surface area is 220 Å². The van der Waals surface area contributed by atoms with Crippen molar-refractivity contribution in [3.63, 3.8) is 0 Å². The molecule has 35 heavy (non-hydrogen) atoms. The van der Waals surface area contributed by atoms with Crippen LogP contribution < -0.4 is 10.1 Å². The van der Waals surface area contributed by atoms with Gasteiger partial charge in [-0.25, -0.2) is 4.79 Å². The first-order valence-electron chi connectivity index (χ1n) is 10.7. The van der Waals surface area contributed by atoms with Crippen molar-refractivity contribution in [2.75, 3.05) is 18.2 Å². The van der Waals surface area contributed by atoms with Crippen molar-refractivity contribution in [3.05, 3.63) is 62.7 Å². The van der Waals surface area contributed by atoms with Crippen LogP contribution in [0.2, 0.25) is 10.0 Å². The Balaban J connectivity index is 1.42. The molecule has 0 spiro atoms. The van der Waals surface area contributed by atoms with Crippen LogP contribution in [0.3, 0.4) is 0 Å². The van der Waals surface area contributed by atoms with Crippen LogP contribution in [0.5, 0.6) is 5.75 Å². The molecule has 4 rings (SSSR count). The van der Waals surface area contributed by atoms with Crippen LogP contribution >= 0.6 is 46.3 Å². The van der Waals surface area contributed by atoms with Gasteiger partial charge in [0.2, 0.25) is 5.91 Å². The number of fused-ring (bicyclic) bond motifs is 1. The molecule has 0 aliphatic heterocycles. The van der Waals surface area contributed by atoms with E-state index in [2.05, 4.69) is 22.1 Å². The first-order chi connectivity index (χ1) is 16.9. The molecule has 1 N–H and O–H groups in total. The van der Waals surface area contributed by atoms with Crippen molar-refractivity contribution in [2.24, 2.45) is 0 Å². The molecule has 184 valence electrons. The van der Waals surface area contributed by atoms with Gasteiger partial charge in [0.25, 0.3) is 0 Å². The summed E-state index contributed by atoms with van der Waals surface area (Å²) in [5.74, 6) is 0.438. The lowest BCUT2D eigenvalue weighted by atomic mass is 10.1. The second-order valence-electron chi connectivity index (χ2n) is 7.55. The largest absolute Gasteiger partial charge is 0.484 e. The van der Waals surface area contributed by atoms with Crippen molar-refractivity contribution < 1.29 is 19.1 Å². The van der Waals surface area contributed by atoms with E-state index in [9.17, 15) is 9.59 Å². The number of methoxy groups -OCH3 is 1. The van der Waals surface area contributed by atoms with E-state index in [0.717, 1.165) is 29.7 Å². The monoisotopic (exact) mass is 552 g/mol. The van der Waals surface area contributed by atoms with Crippen LogP contribution in [-0.2, 0) is 35.5 Å². The molecule has 1 aromatic carbocycles. The number of anilines is 1. The number of benzene rings is 1. The summed E-state index contributed by atoms with van der Waals surface area (Å²) in [6.07, 6.45) is 4.44.